The molecule has 1 aromatic heterocycles. The van der Waals surface area contributed by atoms with Crippen molar-refractivity contribution in [3.05, 3.63) is 16.3 Å². The predicted octanol–water partition coefficient (Wildman–Crippen LogP) is -0.446. The van der Waals surface area contributed by atoms with Crippen LogP contribution in [0.3, 0.4) is 0 Å². The number of aryl methyl sites for hydroxylation is 1. The number of nitrogens with zero attached hydrogens (tertiary/aromatic N) is 7. The molecular weight excluding hydrogens is 162 g/mol. The minimum atomic E-state index is -0.977. The number of aliphatic hydroxyl groups is 1. The van der Waals surface area contributed by atoms with Crippen LogP contribution in [0.5, 0.6) is 0 Å². The second kappa shape index (κ2) is 3.65. The van der Waals surface area contributed by atoms with Crippen LogP contribution in [0.15, 0.2) is 5.11 Å². The van der Waals surface area contributed by atoms with Gasteiger partial charge in [-0.2, -0.15) is 4.80 Å². The first-order chi connectivity index (χ1) is 5.74. The maximum atomic E-state index is 9.22. The first kappa shape index (κ1) is 8.44. The zero-order chi connectivity index (χ0) is 8.97. The van der Waals surface area contributed by atoms with Gasteiger partial charge < -0.3 is 5.11 Å². The van der Waals surface area contributed by atoms with Crippen LogP contribution in [0.4, 0.5) is 0 Å². The Morgan fingerprint density at radius 2 is 2.58 bits per heavy atom. The SMILES string of the molecule is Cn1nnc([C@H](O)CN=[N+]=[N-])n1. The van der Waals surface area contributed by atoms with Crippen LogP contribution < -0.4 is 0 Å². The first-order valence-corrected chi connectivity index (χ1v) is 3.17. The van der Waals surface area contributed by atoms with Crippen molar-refractivity contribution in [3.8, 4) is 0 Å². The van der Waals surface area contributed by atoms with Crippen LogP contribution in [0.1, 0.15) is 11.9 Å². The van der Waals surface area contributed by atoms with E-state index in [2.05, 4.69) is 25.4 Å². The van der Waals surface area contributed by atoms with Gasteiger partial charge in [0, 0.05) is 4.91 Å². The van der Waals surface area contributed by atoms with Crippen LogP contribution in [-0.2, 0) is 7.05 Å². The average molecular weight is 169 g/mol. The summed E-state index contributed by atoms with van der Waals surface area (Å²) in [6.45, 7) is -0.0812. The molecule has 0 saturated carbocycles. The Labute approximate surface area is 67.4 Å². The molecule has 0 radical (unpaired) electrons. The Morgan fingerprint density at radius 3 is 3.08 bits per heavy atom. The molecule has 0 aliphatic heterocycles. The third kappa shape index (κ3) is 1.91. The summed E-state index contributed by atoms with van der Waals surface area (Å²) in [5, 5.41) is 23.2. The van der Waals surface area contributed by atoms with E-state index in [1.807, 2.05) is 0 Å². The quantitative estimate of drug-likeness (QED) is 0.375. The number of hydrogen-bond acceptors (Lipinski definition) is 5. The number of aliphatic hydroxyl groups excluding tert-OH is 1. The van der Waals surface area contributed by atoms with Gasteiger partial charge in [0.15, 0.2) is 0 Å². The Hall–Kier alpha value is -1.66. The van der Waals surface area contributed by atoms with Crippen molar-refractivity contribution in [2.45, 2.75) is 6.10 Å². The van der Waals surface area contributed by atoms with Gasteiger partial charge in [-0.25, -0.2) is 0 Å². The number of tetrazole rings is 1. The molecule has 1 rings (SSSR count). The van der Waals surface area contributed by atoms with Crippen LogP contribution in [0.25, 0.3) is 10.4 Å². The summed E-state index contributed by atoms with van der Waals surface area (Å²) in [6.07, 6.45) is -0.977. The van der Waals surface area contributed by atoms with E-state index in [-0.39, 0.29) is 12.4 Å². The number of rotatable bonds is 3. The topological polar surface area (TPSA) is 113 Å². The zero-order valence-electron chi connectivity index (χ0n) is 6.36. The Morgan fingerprint density at radius 1 is 1.83 bits per heavy atom. The molecule has 0 aliphatic carbocycles. The third-order valence-electron chi connectivity index (χ3n) is 1.14. The van der Waals surface area contributed by atoms with Gasteiger partial charge in [-0.05, 0) is 10.7 Å². The average Bonchev–Trinajstić information content (AvgIpc) is 2.47. The normalized spacial score (nSPS) is 12.2. The van der Waals surface area contributed by atoms with E-state index >= 15 is 0 Å². The molecule has 0 amide bonds. The van der Waals surface area contributed by atoms with Crippen molar-refractivity contribution in [1.82, 2.24) is 20.2 Å². The number of aromatic nitrogens is 4. The van der Waals surface area contributed by atoms with Gasteiger partial charge in [-0.15, -0.1) is 10.2 Å². The first-order valence-electron chi connectivity index (χ1n) is 3.17. The maximum Gasteiger partial charge on any atom is 0.203 e. The Balaban J connectivity index is 2.64. The van der Waals surface area contributed by atoms with Gasteiger partial charge in [-0.1, -0.05) is 5.11 Å². The van der Waals surface area contributed by atoms with Gasteiger partial charge in [0.05, 0.1) is 13.6 Å². The van der Waals surface area contributed by atoms with Gasteiger partial charge in [0.25, 0.3) is 0 Å². The van der Waals surface area contributed by atoms with Gasteiger partial charge in [0.2, 0.25) is 5.82 Å². The lowest BCUT2D eigenvalue weighted by atomic mass is 10.3. The van der Waals surface area contributed by atoms with E-state index in [0.717, 1.165) is 0 Å². The standard InChI is InChI=1S/C4H7N7O/c1-11-8-4(7-10-11)3(12)2-6-9-5/h3,12H,2H2,1H3/t3-/m1/s1. The molecule has 0 saturated heterocycles. The van der Waals surface area contributed by atoms with Crippen molar-refractivity contribution < 1.29 is 5.11 Å². The number of azide groups is 1. The molecule has 1 aromatic rings. The minimum Gasteiger partial charge on any atom is -0.385 e. The molecular formula is C4H7N7O. The molecule has 0 spiro atoms. The molecule has 8 heteroatoms. The molecule has 64 valence electrons. The summed E-state index contributed by atoms with van der Waals surface area (Å²) >= 11 is 0. The fraction of sp³-hybridized carbons (Fsp3) is 0.750. The zero-order valence-corrected chi connectivity index (χ0v) is 6.36. The fourth-order valence-electron chi connectivity index (χ4n) is 0.628. The van der Waals surface area contributed by atoms with E-state index in [4.69, 9.17) is 5.53 Å². The highest BCUT2D eigenvalue weighted by Crippen LogP contribution is 2.04. The summed E-state index contributed by atoms with van der Waals surface area (Å²) < 4.78 is 0. The second-order valence-electron chi connectivity index (χ2n) is 2.07. The van der Waals surface area contributed by atoms with E-state index in [0.29, 0.717) is 0 Å². The molecule has 12 heavy (non-hydrogen) atoms. The van der Waals surface area contributed by atoms with Crippen LogP contribution in [0.2, 0.25) is 0 Å². The summed E-state index contributed by atoms with van der Waals surface area (Å²) in [5.74, 6) is 0.157. The second-order valence-corrected chi connectivity index (χ2v) is 2.07. The van der Waals surface area contributed by atoms with E-state index in [1.54, 1.807) is 7.05 Å². The van der Waals surface area contributed by atoms with Gasteiger partial charge in [-0.3, -0.25) is 0 Å². The molecule has 0 fully saturated rings. The highest BCUT2D eigenvalue weighted by molar-refractivity contribution is 4.84. The van der Waals surface area contributed by atoms with Gasteiger partial charge >= 0.3 is 0 Å². The van der Waals surface area contributed by atoms with Crippen molar-refractivity contribution in [3.63, 3.8) is 0 Å². The molecule has 1 N–H and O–H groups in total. The van der Waals surface area contributed by atoms with Crippen molar-refractivity contribution >= 4 is 0 Å². The van der Waals surface area contributed by atoms with Crippen molar-refractivity contribution in [1.29, 1.82) is 0 Å². The molecule has 1 atom stereocenters. The summed E-state index contributed by atoms with van der Waals surface area (Å²) in [7, 11) is 1.58. The predicted molar refractivity (Wildman–Crippen MR) is 37.8 cm³/mol. The van der Waals surface area contributed by atoms with Crippen LogP contribution in [-0.4, -0.2) is 31.9 Å². The summed E-state index contributed by atoms with van der Waals surface area (Å²) in [6, 6.07) is 0. The third-order valence-corrected chi connectivity index (χ3v) is 1.14. The number of hydrogen-bond donors (Lipinski definition) is 1. The maximum absolute atomic E-state index is 9.22. The van der Waals surface area contributed by atoms with Crippen LogP contribution >= 0.6 is 0 Å². The van der Waals surface area contributed by atoms with Crippen molar-refractivity contribution in [2.24, 2.45) is 12.2 Å². The monoisotopic (exact) mass is 169 g/mol. The molecule has 0 unspecified atom stereocenters. The highest BCUT2D eigenvalue weighted by Gasteiger charge is 2.11. The lowest BCUT2D eigenvalue weighted by Gasteiger charge is -1.97. The molecule has 0 aliphatic rings. The van der Waals surface area contributed by atoms with Crippen LogP contribution in [0, 0.1) is 0 Å². The molecule has 1 heterocycles. The highest BCUT2D eigenvalue weighted by atomic mass is 16.3. The Kier molecular flexibility index (Phi) is 2.57. The molecule has 0 aromatic carbocycles. The van der Waals surface area contributed by atoms with E-state index in [1.165, 1.54) is 4.80 Å². The lowest BCUT2D eigenvalue weighted by molar-refractivity contribution is 0.176. The van der Waals surface area contributed by atoms with E-state index < -0.39 is 6.10 Å². The molecule has 8 nitrogen and oxygen atoms in total. The largest absolute Gasteiger partial charge is 0.385 e. The van der Waals surface area contributed by atoms with Crippen molar-refractivity contribution in [2.75, 3.05) is 6.54 Å². The molecule has 0 bridgehead atoms. The summed E-state index contributed by atoms with van der Waals surface area (Å²) in [4.78, 5) is 3.71. The van der Waals surface area contributed by atoms with Gasteiger partial charge in [0.1, 0.15) is 6.10 Å². The van der Waals surface area contributed by atoms with E-state index in [9.17, 15) is 5.11 Å². The summed E-state index contributed by atoms with van der Waals surface area (Å²) in [5.41, 5.74) is 7.95. The Bertz CT molecular complexity index is 300. The lowest BCUT2D eigenvalue weighted by Crippen LogP contribution is -2.04. The smallest absolute Gasteiger partial charge is 0.203 e. The fourth-order valence-corrected chi connectivity index (χ4v) is 0.628. The minimum absolute atomic E-state index is 0.0812.